The second-order valence-corrected chi connectivity index (χ2v) is 10.5. The fraction of sp³-hybridized carbons (Fsp3) is 0.222. The lowest BCUT2D eigenvalue weighted by molar-refractivity contribution is 0.574. The quantitative estimate of drug-likeness (QED) is 0.311. The molecule has 0 saturated heterocycles. The number of hydrogen-bond acceptors (Lipinski definition) is 5. The van der Waals surface area contributed by atoms with Gasteiger partial charge in [-0.1, -0.05) is 28.4 Å². The second-order valence-electron chi connectivity index (χ2n) is 9.72. The van der Waals surface area contributed by atoms with Gasteiger partial charge in [0.05, 0.1) is 17.9 Å². The van der Waals surface area contributed by atoms with Gasteiger partial charge in [-0.05, 0) is 66.8 Å². The molecule has 2 aliphatic heterocycles. The summed E-state index contributed by atoms with van der Waals surface area (Å²) in [6.45, 7) is 1.76. The third-order valence-electron chi connectivity index (χ3n) is 7.42. The summed E-state index contributed by atoms with van der Waals surface area (Å²) in [6, 6.07) is 12.5. The predicted octanol–water partition coefficient (Wildman–Crippen LogP) is 5.79. The average Bonchev–Trinajstić information content (AvgIpc) is 3.15. The predicted molar refractivity (Wildman–Crippen MR) is 140 cm³/mol. The van der Waals surface area contributed by atoms with E-state index in [0.717, 1.165) is 40.2 Å². The average molecular weight is 533 g/mol. The SMILES string of the molecule is Cc1ccc(C2=CN=C(C3C4CC4c4cc(-c5cc(Cl)ccc5-n5cc(Cl)nn5)cc(=O)n43)C2)c(F)n1. The number of halogens is 3. The molecule has 3 aromatic heterocycles. The standard InChI is InChI=1S/C27H19Cl2FN6O/c1-13-2-4-17(27(30)32-13)15-6-21(31-11-15)26-20-10-19(20)23-7-14(8-25(37)36(23)26)18-9-16(28)3-5-22(18)35-12-24(29)33-34-35/h2-5,7-9,11-12,19-20,26H,6,10H2,1H3. The monoisotopic (exact) mass is 532 g/mol. The smallest absolute Gasteiger partial charge is 0.251 e. The molecule has 10 heteroatoms. The van der Waals surface area contributed by atoms with Crippen molar-refractivity contribution in [2.45, 2.75) is 31.7 Å². The van der Waals surface area contributed by atoms with Gasteiger partial charge in [-0.25, -0.2) is 9.67 Å². The molecule has 37 heavy (non-hydrogen) atoms. The summed E-state index contributed by atoms with van der Waals surface area (Å²) < 4.78 is 17.9. The number of pyridine rings is 2. The topological polar surface area (TPSA) is 78.0 Å². The largest absolute Gasteiger partial charge is 0.303 e. The summed E-state index contributed by atoms with van der Waals surface area (Å²) in [4.78, 5) is 22.2. The van der Waals surface area contributed by atoms with Crippen LogP contribution in [0.1, 0.15) is 41.8 Å². The minimum atomic E-state index is -0.494. The van der Waals surface area contributed by atoms with Crippen LogP contribution < -0.4 is 5.56 Å². The van der Waals surface area contributed by atoms with Gasteiger partial charge in [-0.3, -0.25) is 9.79 Å². The van der Waals surface area contributed by atoms with Crippen molar-refractivity contribution in [3.63, 3.8) is 0 Å². The number of aromatic nitrogens is 5. The van der Waals surface area contributed by atoms with E-state index in [4.69, 9.17) is 23.2 Å². The molecule has 0 amide bonds. The Morgan fingerprint density at radius 2 is 1.95 bits per heavy atom. The number of aryl methyl sites for hydroxylation is 1. The molecule has 0 radical (unpaired) electrons. The molecule has 1 fully saturated rings. The van der Waals surface area contributed by atoms with Crippen LogP contribution in [-0.2, 0) is 0 Å². The molecule has 4 aromatic rings. The Kier molecular flexibility index (Phi) is 5.00. The summed E-state index contributed by atoms with van der Waals surface area (Å²) in [5.74, 6) is 0.0978. The van der Waals surface area contributed by atoms with E-state index in [1.165, 1.54) is 0 Å². The van der Waals surface area contributed by atoms with E-state index in [0.29, 0.717) is 28.6 Å². The molecule has 0 spiro atoms. The zero-order valence-corrected chi connectivity index (χ0v) is 21.1. The number of fused-ring (bicyclic) bond motifs is 3. The first-order valence-corrected chi connectivity index (χ1v) is 12.7. The van der Waals surface area contributed by atoms with Crippen LogP contribution in [0.15, 0.2) is 64.6 Å². The maximum Gasteiger partial charge on any atom is 0.251 e. The molecule has 0 N–H and O–H groups in total. The van der Waals surface area contributed by atoms with Crippen molar-refractivity contribution in [2.75, 3.05) is 0 Å². The molecular weight excluding hydrogens is 514 g/mol. The van der Waals surface area contributed by atoms with Crippen molar-refractivity contribution >= 4 is 34.5 Å². The van der Waals surface area contributed by atoms with Crippen LogP contribution in [-0.4, -0.2) is 30.3 Å². The lowest BCUT2D eigenvalue weighted by Crippen LogP contribution is -2.29. The maximum atomic E-state index is 14.5. The molecule has 1 aliphatic carbocycles. The fourth-order valence-electron chi connectivity index (χ4n) is 5.69. The molecular formula is C27H19Cl2FN6O. The van der Waals surface area contributed by atoms with Gasteiger partial charge >= 0.3 is 0 Å². The zero-order chi connectivity index (χ0) is 25.4. The first kappa shape index (κ1) is 22.6. The van der Waals surface area contributed by atoms with E-state index in [1.54, 1.807) is 48.3 Å². The highest BCUT2D eigenvalue weighted by Crippen LogP contribution is 2.60. The van der Waals surface area contributed by atoms with E-state index in [9.17, 15) is 9.18 Å². The van der Waals surface area contributed by atoms with E-state index in [-0.39, 0.29) is 22.7 Å². The van der Waals surface area contributed by atoms with Crippen LogP contribution in [0.2, 0.25) is 10.2 Å². The summed E-state index contributed by atoms with van der Waals surface area (Å²) in [5, 5.41) is 8.77. The number of hydrogen-bond donors (Lipinski definition) is 0. The van der Waals surface area contributed by atoms with E-state index < -0.39 is 5.95 Å². The molecule has 0 bridgehead atoms. The molecule has 3 aliphatic rings. The van der Waals surface area contributed by atoms with Gasteiger partial charge in [0, 0.05) is 57.9 Å². The van der Waals surface area contributed by atoms with Gasteiger partial charge in [-0.2, -0.15) is 4.39 Å². The van der Waals surface area contributed by atoms with Gasteiger partial charge in [-0.15, -0.1) is 5.10 Å². The number of nitrogens with zero attached hydrogens (tertiary/aromatic N) is 6. The van der Waals surface area contributed by atoms with Crippen LogP contribution in [0.3, 0.4) is 0 Å². The number of allylic oxidation sites excluding steroid dienone is 1. The van der Waals surface area contributed by atoms with Gasteiger partial charge < -0.3 is 4.57 Å². The number of rotatable bonds is 4. The Balaban J connectivity index is 1.25. The highest BCUT2D eigenvalue weighted by molar-refractivity contribution is 6.31. The fourth-order valence-corrected chi connectivity index (χ4v) is 5.99. The van der Waals surface area contributed by atoms with Crippen molar-refractivity contribution in [1.29, 1.82) is 0 Å². The Bertz CT molecular complexity index is 1740. The van der Waals surface area contributed by atoms with E-state index in [1.807, 2.05) is 16.7 Å². The summed E-state index contributed by atoms with van der Waals surface area (Å²) in [6.07, 6.45) is 4.80. The Morgan fingerprint density at radius 3 is 2.73 bits per heavy atom. The van der Waals surface area contributed by atoms with Crippen molar-refractivity contribution in [3.05, 3.63) is 98.3 Å². The summed E-state index contributed by atoms with van der Waals surface area (Å²) in [7, 11) is 0. The Hall–Kier alpha value is -3.62. The Labute approximate surface area is 220 Å². The third kappa shape index (κ3) is 3.66. The summed E-state index contributed by atoms with van der Waals surface area (Å²) >= 11 is 12.3. The molecule has 5 heterocycles. The van der Waals surface area contributed by atoms with Crippen molar-refractivity contribution < 1.29 is 4.39 Å². The lowest BCUT2D eigenvalue weighted by atomic mass is 9.98. The molecule has 1 aromatic carbocycles. The third-order valence-corrected chi connectivity index (χ3v) is 7.82. The van der Waals surface area contributed by atoms with Crippen LogP contribution in [0, 0.1) is 18.8 Å². The second kappa shape index (κ2) is 8.19. The molecule has 1 saturated carbocycles. The first-order valence-electron chi connectivity index (χ1n) is 11.9. The van der Waals surface area contributed by atoms with Gasteiger partial charge in [0.25, 0.3) is 5.56 Å². The van der Waals surface area contributed by atoms with Gasteiger partial charge in [0.2, 0.25) is 5.95 Å². The van der Waals surface area contributed by atoms with Crippen LogP contribution in [0.5, 0.6) is 0 Å². The van der Waals surface area contributed by atoms with Crippen LogP contribution in [0.25, 0.3) is 22.4 Å². The highest BCUT2D eigenvalue weighted by Gasteiger charge is 2.54. The maximum absolute atomic E-state index is 14.5. The van der Waals surface area contributed by atoms with E-state index in [2.05, 4.69) is 26.4 Å². The molecule has 3 unspecified atom stereocenters. The number of benzene rings is 1. The number of aliphatic imine (C=N–C) groups is 1. The van der Waals surface area contributed by atoms with Crippen molar-refractivity contribution in [3.8, 4) is 16.8 Å². The molecule has 7 rings (SSSR count). The van der Waals surface area contributed by atoms with Crippen molar-refractivity contribution in [1.82, 2.24) is 24.5 Å². The van der Waals surface area contributed by atoms with Crippen LogP contribution >= 0.6 is 23.2 Å². The van der Waals surface area contributed by atoms with Gasteiger partial charge in [0.1, 0.15) is 0 Å². The lowest BCUT2D eigenvalue weighted by Gasteiger charge is -2.20. The zero-order valence-electron chi connectivity index (χ0n) is 19.6. The first-order chi connectivity index (χ1) is 17.9. The molecule has 184 valence electrons. The molecule has 3 atom stereocenters. The normalized spacial score (nSPS) is 21.5. The summed E-state index contributed by atoms with van der Waals surface area (Å²) in [5.41, 5.74) is 5.88. The molecule has 7 nitrogen and oxygen atoms in total. The van der Waals surface area contributed by atoms with E-state index >= 15 is 0 Å². The minimum absolute atomic E-state index is 0.105. The Morgan fingerprint density at radius 1 is 1.08 bits per heavy atom. The highest BCUT2D eigenvalue weighted by atomic mass is 35.5. The minimum Gasteiger partial charge on any atom is -0.303 e. The van der Waals surface area contributed by atoms with Crippen LogP contribution in [0.4, 0.5) is 4.39 Å². The van der Waals surface area contributed by atoms with Gasteiger partial charge in [0.15, 0.2) is 5.15 Å². The van der Waals surface area contributed by atoms with Crippen molar-refractivity contribution in [2.24, 2.45) is 10.9 Å².